The van der Waals surface area contributed by atoms with E-state index in [1.807, 2.05) is 0 Å². The maximum atomic E-state index is 11.0. The zero-order valence-corrected chi connectivity index (χ0v) is 11.1. The summed E-state index contributed by atoms with van der Waals surface area (Å²) in [6.07, 6.45) is 1.58. The number of sulfone groups is 1. The first-order valence-corrected chi connectivity index (χ1v) is 7.47. The van der Waals surface area contributed by atoms with Gasteiger partial charge in [0.1, 0.15) is 9.84 Å². The fraction of sp³-hybridized carbons (Fsp3) is 0.400. The molecule has 0 aliphatic carbocycles. The van der Waals surface area contributed by atoms with Crippen LogP contribution in [0.4, 0.5) is 0 Å². The summed E-state index contributed by atoms with van der Waals surface area (Å²) in [7, 11) is -3.06. The lowest BCUT2D eigenvalue weighted by Crippen LogP contribution is -2.31. The summed E-state index contributed by atoms with van der Waals surface area (Å²) in [5, 5.41) is 1.06. The van der Waals surface area contributed by atoms with Gasteiger partial charge in [0.15, 0.2) is 0 Å². The van der Waals surface area contributed by atoms with Crippen LogP contribution in [0.15, 0.2) is 18.2 Å². The molecule has 0 spiro atoms. The quantitative estimate of drug-likeness (QED) is 0.917. The van der Waals surface area contributed by atoms with Crippen LogP contribution in [0.5, 0.6) is 0 Å². The average Bonchev–Trinajstić information content (AvgIpc) is 2.06. The third-order valence-corrected chi connectivity index (χ3v) is 3.63. The lowest BCUT2D eigenvalue weighted by molar-refractivity contribution is 0.591. The van der Waals surface area contributed by atoms with Gasteiger partial charge in [-0.05, 0) is 24.1 Å². The summed E-state index contributed by atoms with van der Waals surface area (Å²) >= 11 is 11.7. The average molecular weight is 282 g/mol. The van der Waals surface area contributed by atoms with Gasteiger partial charge >= 0.3 is 0 Å². The normalized spacial score (nSPS) is 13.8. The van der Waals surface area contributed by atoms with Gasteiger partial charge in [0.25, 0.3) is 0 Å². The number of nitrogens with two attached hydrogens (primary N) is 1. The highest BCUT2D eigenvalue weighted by molar-refractivity contribution is 7.90. The highest BCUT2D eigenvalue weighted by atomic mass is 35.5. The second-order valence-corrected chi connectivity index (χ2v) is 6.82. The summed E-state index contributed by atoms with van der Waals surface area (Å²) in [5.74, 6) is -0.0496. The van der Waals surface area contributed by atoms with Crippen molar-refractivity contribution in [2.24, 2.45) is 5.73 Å². The minimum Gasteiger partial charge on any atom is -0.326 e. The second-order valence-electron chi connectivity index (χ2n) is 3.79. The molecule has 0 aliphatic rings. The molecule has 1 unspecified atom stereocenters. The van der Waals surface area contributed by atoms with E-state index < -0.39 is 15.9 Å². The van der Waals surface area contributed by atoms with Crippen molar-refractivity contribution in [3.63, 3.8) is 0 Å². The van der Waals surface area contributed by atoms with E-state index in [-0.39, 0.29) is 5.75 Å². The molecule has 0 bridgehead atoms. The van der Waals surface area contributed by atoms with E-state index in [1.54, 1.807) is 18.2 Å². The van der Waals surface area contributed by atoms with Gasteiger partial charge in [-0.15, -0.1) is 0 Å². The lowest BCUT2D eigenvalue weighted by Gasteiger charge is -2.11. The van der Waals surface area contributed by atoms with Crippen LogP contribution in [0.3, 0.4) is 0 Å². The van der Waals surface area contributed by atoms with Crippen LogP contribution in [0, 0.1) is 0 Å². The molecule has 0 amide bonds. The standard InChI is InChI=1S/C10H13Cl2NO2S/c1-16(14,15)6-9(13)4-7-2-3-8(11)5-10(7)12/h2-3,5,9H,4,6,13H2,1H3. The first-order valence-electron chi connectivity index (χ1n) is 4.65. The molecular weight excluding hydrogens is 269 g/mol. The van der Waals surface area contributed by atoms with Crippen molar-refractivity contribution in [2.75, 3.05) is 12.0 Å². The number of halogens is 2. The topological polar surface area (TPSA) is 60.2 Å². The highest BCUT2D eigenvalue weighted by Crippen LogP contribution is 2.21. The smallest absolute Gasteiger partial charge is 0.148 e. The fourth-order valence-electron chi connectivity index (χ4n) is 1.42. The van der Waals surface area contributed by atoms with Crippen LogP contribution in [0.25, 0.3) is 0 Å². The molecule has 2 N–H and O–H groups in total. The van der Waals surface area contributed by atoms with E-state index in [4.69, 9.17) is 28.9 Å². The molecule has 0 saturated heterocycles. The molecular formula is C10H13Cl2NO2S. The molecule has 0 aliphatic heterocycles. The summed E-state index contributed by atoms with van der Waals surface area (Å²) in [4.78, 5) is 0. The molecule has 0 aromatic heterocycles. The molecule has 0 fully saturated rings. The number of hydrogen-bond donors (Lipinski definition) is 1. The Hall–Kier alpha value is -0.290. The van der Waals surface area contributed by atoms with E-state index in [0.717, 1.165) is 11.8 Å². The van der Waals surface area contributed by atoms with Gasteiger partial charge in [0.05, 0.1) is 5.75 Å². The number of benzene rings is 1. The Morgan fingerprint density at radius 3 is 2.50 bits per heavy atom. The first-order chi connectivity index (χ1) is 7.28. The van der Waals surface area contributed by atoms with Crippen molar-refractivity contribution in [3.05, 3.63) is 33.8 Å². The summed E-state index contributed by atoms with van der Waals surface area (Å²) in [6, 6.07) is 4.63. The van der Waals surface area contributed by atoms with Crippen LogP contribution >= 0.6 is 23.2 Å². The monoisotopic (exact) mass is 281 g/mol. The molecule has 0 saturated carbocycles. The number of hydrogen-bond acceptors (Lipinski definition) is 3. The molecule has 16 heavy (non-hydrogen) atoms. The van der Waals surface area contributed by atoms with Crippen LogP contribution in [0.2, 0.25) is 10.0 Å². The Kier molecular flexibility index (Phi) is 4.62. The maximum Gasteiger partial charge on any atom is 0.148 e. The SMILES string of the molecule is CS(=O)(=O)CC(N)Cc1ccc(Cl)cc1Cl. The number of rotatable bonds is 4. The van der Waals surface area contributed by atoms with E-state index >= 15 is 0 Å². The largest absolute Gasteiger partial charge is 0.326 e. The molecule has 0 heterocycles. The zero-order chi connectivity index (χ0) is 12.3. The molecule has 90 valence electrons. The van der Waals surface area contributed by atoms with Crippen molar-refractivity contribution in [2.45, 2.75) is 12.5 Å². The van der Waals surface area contributed by atoms with Crippen molar-refractivity contribution in [1.29, 1.82) is 0 Å². The van der Waals surface area contributed by atoms with Crippen LogP contribution < -0.4 is 5.73 Å². The molecule has 3 nitrogen and oxygen atoms in total. The Morgan fingerprint density at radius 1 is 1.38 bits per heavy atom. The van der Waals surface area contributed by atoms with E-state index in [1.165, 1.54) is 0 Å². The van der Waals surface area contributed by atoms with Gasteiger partial charge in [-0.3, -0.25) is 0 Å². The molecule has 6 heteroatoms. The zero-order valence-electron chi connectivity index (χ0n) is 8.78. The third kappa shape index (κ3) is 4.70. The van der Waals surface area contributed by atoms with Gasteiger partial charge in [0, 0.05) is 22.3 Å². The predicted molar refractivity (Wildman–Crippen MR) is 67.9 cm³/mol. The van der Waals surface area contributed by atoms with Crippen LogP contribution in [-0.4, -0.2) is 26.5 Å². The third-order valence-electron chi connectivity index (χ3n) is 2.01. The van der Waals surface area contributed by atoms with Crippen LogP contribution in [0.1, 0.15) is 5.56 Å². The Labute approximate surface area is 105 Å². The predicted octanol–water partition coefficient (Wildman–Crippen LogP) is 1.91. The lowest BCUT2D eigenvalue weighted by atomic mass is 10.1. The van der Waals surface area contributed by atoms with Gasteiger partial charge in [-0.2, -0.15) is 0 Å². The first kappa shape index (κ1) is 13.8. The molecule has 1 aromatic rings. The Balaban J connectivity index is 2.73. The maximum absolute atomic E-state index is 11.0. The minimum atomic E-state index is -3.06. The molecule has 1 atom stereocenters. The highest BCUT2D eigenvalue weighted by Gasteiger charge is 2.13. The molecule has 1 aromatic carbocycles. The van der Waals surface area contributed by atoms with E-state index in [9.17, 15) is 8.42 Å². The van der Waals surface area contributed by atoms with Crippen molar-refractivity contribution in [3.8, 4) is 0 Å². The van der Waals surface area contributed by atoms with Crippen LogP contribution in [-0.2, 0) is 16.3 Å². The van der Waals surface area contributed by atoms with Gasteiger partial charge in [-0.25, -0.2) is 8.42 Å². The summed E-state index contributed by atoms with van der Waals surface area (Å²) in [5.41, 5.74) is 6.54. The Bertz CT molecular complexity index is 474. The minimum absolute atomic E-state index is 0.0496. The summed E-state index contributed by atoms with van der Waals surface area (Å²) < 4.78 is 22.1. The van der Waals surface area contributed by atoms with E-state index in [2.05, 4.69) is 0 Å². The Morgan fingerprint density at radius 2 is 2.00 bits per heavy atom. The van der Waals surface area contributed by atoms with Gasteiger partial charge in [-0.1, -0.05) is 29.3 Å². The van der Waals surface area contributed by atoms with Crippen molar-refractivity contribution in [1.82, 2.24) is 0 Å². The van der Waals surface area contributed by atoms with Gasteiger partial charge in [0.2, 0.25) is 0 Å². The summed E-state index contributed by atoms with van der Waals surface area (Å²) in [6.45, 7) is 0. The van der Waals surface area contributed by atoms with Crippen molar-refractivity contribution < 1.29 is 8.42 Å². The van der Waals surface area contributed by atoms with Crippen molar-refractivity contribution >= 4 is 33.0 Å². The van der Waals surface area contributed by atoms with E-state index in [0.29, 0.717) is 16.5 Å². The fourth-order valence-corrected chi connectivity index (χ4v) is 2.80. The molecule has 1 rings (SSSR count). The second kappa shape index (κ2) is 5.36. The molecule has 0 radical (unpaired) electrons. The van der Waals surface area contributed by atoms with Gasteiger partial charge < -0.3 is 5.73 Å².